The first-order chi connectivity index (χ1) is 22.8. The molecule has 2 aromatic carbocycles. The second-order valence-corrected chi connectivity index (χ2v) is 12.8. The number of esters is 1. The van der Waals surface area contributed by atoms with E-state index in [1.165, 1.54) is 25.3 Å². The Hall–Kier alpha value is -3.59. The fraction of sp³-hybridized carbons (Fsp3) is 0.543. The van der Waals surface area contributed by atoms with Crippen LogP contribution in [0.1, 0.15) is 114 Å². The lowest BCUT2D eigenvalue weighted by Gasteiger charge is -2.42. The van der Waals surface area contributed by atoms with Gasteiger partial charge in [0.15, 0.2) is 18.7 Å². The van der Waals surface area contributed by atoms with Gasteiger partial charge in [0.05, 0.1) is 42.1 Å². The van der Waals surface area contributed by atoms with Crippen LogP contribution in [0.25, 0.3) is 0 Å². The molecule has 2 aromatic rings. The van der Waals surface area contributed by atoms with E-state index in [9.17, 15) is 39.6 Å². The van der Waals surface area contributed by atoms with Crippen molar-refractivity contribution < 1.29 is 58.6 Å². The fourth-order valence-corrected chi connectivity index (χ4v) is 6.83. The number of aromatic hydroxyl groups is 2. The number of nitrogens with two attached hydrogens (primary N) is 1. The number of hydrogen-bond acceptors (Lipinski definition) is 13. The van der Waals surface area contributed by atoms with Gasteiger partial charge in [-0.15, -0.1) is 12.4 Å². The molecule has 2 aliphatic carbocycles. The summed E-state index contributed by atoms with van der Waals surface area (Å²) in [4.78, 5) is 53.5. The number of hydrogen-bond donors (Lipinski definition) is 5. The molecule has 3 aliphatic rings. The van der Waals surface area contributed by atoms with Crippen LogP contribution in [0.3, 0.4) is 0 Å². The number of Topliss-reactive ketones (excluding diaryl/α,β-unsaturated/α-hetero) is 1. The summed E-state index contributed by atoms with van der Waals surface area (Å²) < 4.78 is 22.5. The quantitative estimate of drug-likeness (QED) is 0.104. The number of phenols is 2. The highest BCUT2D eigenvalue weighted by molar-refractivity contribution is 6.31. The van der Waals surface area contributed by atoms with Crippen LogP contribution in [0.4, 0.5) is 0 Å². The first kappa shape index (κ1) is 38.2. The second-order valence-electron chi connectivity index (χ2n) is 12.8. The number of benzene rings is 2. The van der Waals surface area contributed by atoms with Crippen molar-refractivity contribution in [2.24, 2.45) is 5.73 Å². The summed E-state index contributed by atoms with van der Waals surface area (Å²) in [6.45, 7) is 2.90. The highest BCUT2D eigenvalue weighted by atomic mass is 35.5. The number of halogens is 1. The van der Waals surface area contributed by atoms with Crippen LogP contribution in [0.5, 0.6) is 17.2 Å². The van der Waals surface area contributed by atoms with E-state index in [0.717, 1.165) is 25.7 Å². The highest BCUT2D eigenvalue weighted by Gasteiger charge is 2.50. The average molecular weight is 706 g/mol. The topological polar surface area (TPSA) is 212 Å². The predicted molar refractivity (Wildman–Crippen MR) is 176 cm³/mol. The van der Waals surface area contributed by atoms with Crippen molar-refractivity contribution >= 4 is 35.7 Å². The number of aliphatic hydroxyl groups is 2. The van der Waals surface area contributed by atoms with E-state index in [-0.39, 0.29) is 53.3 Å². The summed E-state index contributed by atoms with van der Waals surface area (Å²) in [5.41, 5.74) is 2.37. The molecule has 6 atom stereocenters. The number of unbranched alkanes of at least 4 members (excludes halogenated alkanes) is 4. The van der Waals surface area contributed by atoms with Crippen LogP contribution in [0.2, 0.25) is 0 Å². The molecule has 0 aromatic heterocycles. The van der Waals surface area contributed by atoms with E-state index < -0.39 is 102 Å². The largest absolute Gasteiger partial charge is 0.507 e. The van der Waals surface area contributed by atoms with E-state index in [2.05, 4.69) is 6.92 Å². The number of carbonyl (C=O) groups is 4. The SMILES string of the molecule is CCCCCCCC(=O)OCC(=O)[C@]1(O)Cc2c(O)c3c(c(O)c2[C@@H](OC2CC(N)C(O)C(C)O2)C1)C(=O)c1c(OC)cccc1C3=O.Cl. The monoisotopic (exact) mass is 705 g/mol. The lowest BCUT2D eigenvalue weighted by Crippen LogP contribution is -2.53. The molecule has 1 fully saturated rings. The molecule has 0 amide bonds. The first-order valence-electron chi connectivity index (χ1n) is 16.4. The smallest absolute Gasteiger partial charge is 0.306 e. The Morgan fingerprint density at radius 3 is 2.41 bits per heavy atom. The van der Waals surface area contributed by atoms with Crippen LogP contribution in [-0.2, 0) is 30.2 Å². The normalized spacial score (nSPS) is 25.8. The van der Waals surface area contributed by atoms with E-state index in [4.69, 9.17) is 24.7 Å². The Balaban J connectivity index is 0.00000541. The van der Waals surface area contributed by atoms with Crippen molar-refractivity contribution in [1.29, 1.82) is 0 Å². The molecule has 0 bridgehead atoms. The average Bonchev–Trinajstić information content (AvgIpc) is 3.05. The maximum atomic E-state index is 13.9. The van der Waals surface area contributed by atoms with Gasteiger partial charge < -0.3 is 45.1 Å². The zero-order valence-electron chi connectivity index (χ0n) is 27.7. The Morgan fingerprint density at radius 2 is 1.73 bits per heavy atom. The third kappa shape index (κ3) is 7.33. The van der Waals surface area contributed by atoms with Gasteiger partial charge in [0.1, 0.15) is 22.8 Å². The zero-order valence-corrected chi connectivity index (χ0v) is 28.5. The molecule has 0 spiro atoms. The predicted octanol–water partition coefficient (Wildman–Crippen LogP) is 3.33. The number of fused-ring (bicyclic) bond motifs is 3. The standard InChI is InChI=1S/C35H43NO12.ClH/c1-4-5-6-7-8-12-24(38)46-16-23(37)35(44)14-19-27(22(15-35)48-25-13-20(36)30(39)17(2)47-25)34(43)29-28(32(19)41)31(40)18-10-9-11-21(45-3)26(18)33(29)42;/h9-11,17,20,22,25,30,39,41,43-44H,4-8,12-16,36H2,1-3H3;1H/t17?,20?,22-,25?,30?,35-;/m0./s1. The fourth-order valence-electron chi connectivity index (χ4n) is 6.83. The number of carbonyl (C=O) groups excluding carboxylic acids is 4. The molecule has 268 valence electrons. The lowest BCUT2D eigenvalue weighted by atomic mass is 9.72. The van der Waals surface area contributed by atoms with Crippen LogP contribution < -0.4 is 10.5 Å². The maximum absolute atomic E-state index is 13.9. The van der Waals surface area contributed by atoms with Crippen LogP contribution in [0.15, 0.2) is 18.2 Å². The number of phenolic OH excluding ortho intramolecular Hbond substituents is 2. The van der Waals surface area contributed by atoms with Gasteiger partial charge in [0.25, 0.3) is 0 Å². The van der Waals surface area contributed by atoms with Gasteiger partial charge in [-0.2, -0.15) is 0 Å². The molecule has 6 N–H and O–H groups in total. The minimum absolute atomic E-state index is 0. The molecule has 1 heterocycles. The van der Waals surface area contributed by atoms with E-state index in [1.54, 1.807) is 6.92 Å². The van der Waals surface area contributed by atoms with Crippen molar-refractivity contribution in [3.8, 4) is 17.2 Å². The molecule has 1 saturated heterocycles. The highest BCUT2D eigenvalue weighted by Crippen LogP contribution is 2.52. The Labute approximate surface area is 290 Å². The van der Waals surface area contributed by atoms with Gasteiger partial charge in [-0.05, 0) is 19.4 Å². The number of ether oxygens (including phenoxy) is 4. The number of rotatable bonds is 12. The summed E-state index contributed by atoms with van der Waals surface area (Å²) in [5.74, 6) is -4.33. The molecule has 0 saturated carbocycles. The molecule has 13 nitrogen and oxygen atoms in total. The summed E-state index contributed by atoms with van der Waals surface area (Å²) in [7, 11) is 1.33. The van der Waals surface area contributed by atoms with Gasteiger partial charge in [0, 0.05) is 48.4 Å². The van der Waals surface area contributed by atoms with Crippen LogP contribution >= 0.6 is 12.4 Å². The number of ketones is 3. The van der Waals surface area contributed by atoms with E-state index in [0.29, 0.717) is 6.42 Å². The Morgan fingerprint density at radius 1 is 1.04 bits per heavy atom. The van der Waals surface area contributed by atoms with Crippen molar-refractivity contribution in [1.82, 2.24) is 0 Å². The van der Waals surface area contributed by atoms with Gasteiger partial charge >= 0.3 is 5.97 Å². The van der Waals surface area contributed by atoms with Gasteiger partial charge in [-0.3, -0.25) is 19.2 Å². The molecule has 14 heteroatoms. The molecule has 1 aliphatic heterocycles. The van der Waals surface area contributed by atoms with Gasteiger partial charge in [0.2, 0.25) is 11.6 Å². The minimum atomic E-state index is -2.29. The minimum Gasteiger partial charge on any atom is -0.507 e. The van der Waals surface area contributed by atoms with Crippen LogP contribution in [0, 0.1) is 0 Å². The van der Waals surface area contributed by atoms with Crippen molar-refractivity contribution in [2.75, 3.05) is 13.7 Å². The second kappa shape index (κ2) is 15.5. The maximum Gasteiger partial charge on any atom is 0.306 e. The van der Waals surface area contributed by atoms with E-state index in [1.807, 2.05) is 0 Å². The zero-order chi connectivity index (χ0) is 34.9. The molecule has 4 unspecified atom stereocenters. The summed E-state index contributed by atoms with van der Waals surface area (Å²) in [5, 5.41) is 45.4. The number of methoxy groups -OCH3 is 1. The molecular formula is C35H44ClNO12. The van der Waals surface area contributed by atoms with Crippen LogP contribution in [-0.4, -0.2) is 87.6 Å². The Bertz CT molecular complexity index is 1600. The lowest BCUT2D eigenvalue weighted by molar-refractivity contribution is -0.247. The first-order valence-corrected chi connectivity index (χ1v) is 16.4. The van der Waals surface area contributed by atoms with Crippen molar-refractivity contribution in [2.45, 2.75) is 108 Å². The Kier molecular flexibility index (Phi) is 12.1. The van der Waals surface area contributed by atoms with Gasteiger partial charge in [-0.1, -0.05) is 44.7 Å². The van der Waals surface area contributed by atoms with Crippen molar-refractivity contribution in [3.05, 3.63) is 51.6 Å². The molecule has 0 radical (unpaired) electrons. The molecule has 5 rings (SSSR count). The summed E-state index contributed by atoms with van der Waals surface area (Å²) in [6, 6.07) is 3.63. The molecule has 49 heavy (non-hydrogen) atoms. The number of aliphatic hydroxyl groups excluding tert-OH is 1. The van der Waals surface area contributed by atoms with Gasteiger partial charge in [-0.25, -0.2) is 0 Å². The van der Waals surface area contributed by atoms with Crippen molar-refractivity contribution in [3.63, 3.8) is 0 Å². The summed E-state index contributed by atoms with van der Waals surface area (Å²) >= 11 is 0. The molecular weight excluding hydrogens is 662 g/mol. The third-order valence-corrected chi connectivity index (χ3v) is 9.51. The summed E-state index contributed by atoms with van der Waals surface area (Å²) in [6.07, 6.45) is -0.679. The third-order valence-electron chi connectivity index (χ3n) is 9.51. The van der Waals surface area contributed by atoms with E-state index >= 15 is 0 Å².